The molecule has 1 unspecified atom stereocenters. The quantitative estimate of drug-likeness (QED) is 0.813. The molecule has 82 valence electrons. The molecule has 4 heteroatoms. The van der Waals surface area contributed by atoms with Crippen LogP contribution in [0.3, 0.4) is 0 Å². The third-order valence-corrected chi connectivity index (χ3v) is 4.11. The Morgan fingerprint density at radius 2 is 2.33 bits per heavy atom. The van der Waals surface area contributed by atoms with Crippen LogP contribution in [-0.2, 0) is 10.5 Å². The lowest BCUT2D eigenvalue weighted by molar-refractivity contribution is -0.119. The normalized spacial score (nSPS) is 21.9. The fraction of sp³-hybridized carbons (Fsp3) is 0.545. The molecule has 0 N–H and O–H groups in total. The van der Waals surface area contributed by atoms with Gasteiger partial charge in [-0.2, -0.15) is 0 Å². The molecular weight excluding hydrogens is 232 g/mol. The number of Topliss-reactive ketones (excluding diaryl/α,β-unsaturated/α-hetero) is 1. The molecule has 0 saturated heterocycles. The molecule has 1 aromatic heterocycles. The highest BCUT2D eigenvalue weighted by Gasteiger charge is 2.22. The molecule has 0 radical (unpaired) electrons. The third-order valence-electron chi connectivity index (χ3n) is 2.55. The number of carbonyl (C=O) groups is 1. The zero-order valence-corrected chi connectivity index (χ0v) is 9.94. The maximum atomic E-state index is 11.5. The SMILES string of the molecule is O=C1CCCCC1SCc1ccc(Cl)o1. The average Bonchev–Trinajstić information content (AvgIpc) is 2.63. The van der Waals surface area contributed by atoms with Crippen LogP contribution in [0.25, 0.3) is 0 Å². The lowest BCUT2D eigenvalue weighted by Gasteiger charge is -2.19. The summed E-state index contributed by atoms with van der Waals surface area (Å²) in [4.78, 5) is 11.5. The molecule has 1 heterocycles. The highest BCUT2D eigenvalue weighted by Crippen LogP contribution is 2.29. The smallest absolute Gasteiger partial charge is 0.193 e. The lowest BCUT2D eigenvalue weighted by Crippen LogP contribution is -2.21. The Labute approximate surface area is 98.4 Å². The van der Waals surface area contributed by atoms with Gasteiger partial charge in [0.15, 0.2) is 5.22 Å². The topological polar surface area (TPSA) is 30.2 Å². The van der Waals surface area contributed by atoms with Crippen LogP contribution in [0.4, 0.5) is 0 Å². The summed E-state index contributed by atoms with van der Waals surface area (Å²) in [5, 5.41) is 0.586. The van der Waals surface area contributed by atoms with Gasteiger partial charge in [-0.3, -0.25) is 4.79 Å². The van der Waals surface area contributed by atoms with Crippen molar-refractivity contribution in [1.29, 1.82) is 0 Å². The van der Waals surface area contributed by atoms with E-state index in [4.69, 9.17) is 16.0 Å². The van der Waals surface area contributed by atoms with Crippen molar-refractivity contribution < 1.29 is 9.21 Å². The molecule has 1 fully saturated rings. The zero-order chi connectivity index (χ0) is 10.7. The fourth-order valence-corrected chi connectivity index (χ4v) is 3.06. The number of furan rings is 1. The second-order valence-corrected chi connectivity index (χ2v) is 5.28. The van der Waals surface area contributed by atoms with E-state index in [9.17, 15) is 4.79 Å². The van der Waals surface area contributed by atoms with Crippen molar-refractivity contribution in [3.63, 3.8) is 0 Å². The van der Waals surface area contributed by atoms with E-state index in [-0.39, 0.29) is 5.25 Å². The van der Waals surface area contributed by atoms with E-state index < -0.39 is 0 Å². The van der Waals surface area contributed by atoms with Gasteiger partial charge >= 0.3 is 0 Å². The van der Waals surface area contributed by atoms with Gasteiger partial charge in [0.1, 0.15) is 11.5 Å². The molecule has 0 bridgehead atoms. The summed E-state index contributed by atoms with van der Waals surface area (Å²) in [6.07, 6.45) is 3.99. The molecule has 0 aromatic carbocycles. The number of carbonyl (C=O) groups excluding carboxylic acids is 1. The van der Waals surface area contributed by atoms with Crippen LogP contribution in [0, 0.1) is 0 Å². The highest BCUT2D eigenvalue weighted by atomic mass is 35.5. The standard InChI is InChI=1S/C11H13ClO2S/c12-11-6-5-8(14-11)7-15-10-4-2-1-3-9(10)13/h5-6,10H,1-4,7H2. The molecule has 0 spiro atoms. The molecule has 2 rings (SSSR count). The number of ketones is 1. The Balaban J connectivity index is 1.84. The highest BCUT2D eigenvalue weighted by molar-refractivity contribution is 7.99. The molecule has 2 nitrogen and oxygen atoms in total. The number of rotatable bonds is 3. The van der Waals surface area contributed by atoms with Crippen LogP contribution in [0.1, 0.15) is 31.4 Å². The van der Waals surface area contributed by atoms with Gasteiger partial charge in [0.05, 0.1) is 11.0 Å². The molecule has 1 aromatic rings. The molecule has 1 atom stereocenters. The number of halogens is 1. The Kier molecular flexibility index (Phi) is 3.76. The van der Waals surface area contributed by atoms with Gasteiger partial charge in [-0.05, 0) is 36.6 Å². The first-order valence-electron chi connectivity index (χ1n) is 5.14. The minimum atomic E-state index is 0.169. The second kappa shape index (κ2) is 5.08. The van der Waals surface area contributed by atoms with Crippen LogP contribution < -0.4 is 0 Å². The van der Waals surface area contributed by atoms with E-state index in [1.807, 2.05) is 6.07 Å². The van der Waals surface area contributed by atoms with Gasteiger partial charge in [-0.15, -0.1) is 11.8 Å². The molecule has 0 amide bonds. The number of thioether (sulfide) groups is 1. The van der Waals surface area contributed by atoms with Crippen molar-refractivity contribution in [2.45, 2.75) is 36.7 Å². The first kappa shape index (κ1) is 11.1. The molecule has 1 aliphatic carbocycles. The van der Waals surface area contributed by atoms with Gasteiger partial charge in [-0.1, -0.05) is 6.42 Å². The van der Waals surface area contributed by atoms with E-state index in [2.05, 4.69) is 0 Å². The maximum absolute atomic E-state index is 11.5. The largest absolute Gasteiger partial charge is 0.449 e. The molecule has 15 heavy (non-hydrogen) atoms. The summed E-state index contributed by atoms with van der Waals surface area (Å²) in [5.74, 6) is 1.98. The van der Waals surface area contributed by atoms with Crippen LogP contribution in [0.5, 0.6) is 0 Å². The predicted molar refractivity (Wildman–Crippen MR) is 62.3 cm³/mol. The summed E-state index contributed by atoms with van der Waals surface area (Å²) in [5.41, 5.74) is 0. The Hall–Kier alpha value is -0.410. The summed E-state index contributed by atoms with van der Waals surface area (Å²) in [6, 6.07) is 3.60. The van der Waals surface area contributed by atoms with E-state index in [1.54, 1.807) is 17.8 Å². The van der Waals surface area contributed by atoms with Crippen molar-refractivity contribution in [2.75, 3.05) is 0 Å². The maximum Gasteiger partial charge on any atom is 0.193 e. The molecule has 1 saturated carbocycles. The Morgan fingerprint density at radius 1 is 1.47 bits per heavy atom. The lowest BCUT2D eigenvalue weighted by atomic mass is 9.99. The second-order valence-electron chi connectivity index (χ2n) is 3.72. The number of hydrogen-bond donors (Lipinski definition) is 0. The minimum Gasteiger partial charge on any atom is -0.449 e. The van der Waals surface area contributed by atoms with Crippen LogP contribution >= 0.6 is 23.4 Å². The van der Waals surface area contributed by atoms with E-state index >= 15 is 0 Å². The minimum absolute atomic E-state index is 0.169. The average molecular weight is 245 g/mol. The first-order chi connectivity index (χ1) is 7.25. The molecular formula is C11H13ClO2S. The molecule has 1 aliphatic rings. The summed E-state index contributed by atoms with van der Waals surface area (Å²) < 4.78 is 5.24. The van der Waals surface area contributed by atoms with Gasteiger partial charge in [0.2, 0.25) is 0 Å². The summed E-state index contributed by atoms with van der Waals surface area (Å²) in [7, 11) is 0. The van der Waals surface area contributed by atoms with Crippen molar-refractivity contribution in [1.82, 2.24) is 0 Å². The van der Waals surface area contributed by atoms with Gasteiger partial charge in [0.25, 0.3) is 0 Å². The van der Waals surface area contributed by atoms with E-state index in [0.717, 1.165) is 30.8 Å². The third kappa shape index (κ3) is 3.02. The van der Waals surface area contributed by atoms with Gasteiger partial charge in [-0.25, -0.2) is 0 Å². The van der Waals surface area contributed by atoms with E-state index in [0.29, 0.717) is 11.0 Å². The Bertz CT molecular complexity index is 348. The van der Waals surface area contributed by atoms with Gasteiger partial charge in [0, 0.05) is 6.42 Å². The fourth-order valence-electron chi connectivity index (χ4n) is 1.74. The van der Waals surface area contributed by atoms with Crippen LogP contribution in [0.15, 0.2) is 16.5 Å². The van der Waals surface area contributed by atoms with Crippen molar-refractivity contribution in [3.05, 3.63) is 23.1 Å². The van der Waals surface area contributed by atoms with Crippen LogP contribution in [-0.4, -0.2) is 11.0 Å². The van der Waals surface area contributed by atoms with Gasteiger partial charge < -0.3 is 4.42 Å². The van der Waals surface area contributed by atoms with Crippen LogP contribution in [0.2, 0.25) is 5.22 Å². The van der Waals surface area contributed by atoms with E-state index in [1.165, 1.54) is 6.42 Å². The number of hydrogen-bond acceptors (Lipinski definition) is 3. The summed E-state index contributed by atoms with van der Waals surface area (Å²) >= 11 is 7.34. The van der Waals surface area contributed by atoms with Crippen molar-refractivity contribution in [2.24, 2.45) is 0 Å². The van der Waals surface area contributed by atoms with Crippen molar-refractivity contribution >= 4 is 29.1 Å². The predicted octanol–water partition coefficient (Wildman–Crippen LogP) is 3.68. The first-order valence-corrected chi connectivity index (χ1v) is 6.57. The summed E-state index contributed by atoms with van der Waals surface area (Å²) in [6.45, 7) is 0. The molecule has 0 aliphatic heterocycles. The van der Waals surface area contributed by atoms with Crippen molar-refractivity contribution in [3.8, 4) is 0 Å². The monoisotopic (exact) mass is 244 g/mol. The Morgan fingerprint density at radius 3 is 3.00 bits per heavy atom. The zero-order valence-electron chi connectivity index (χ0n) is 8.37.